The zero-order chi connectivity index (χ0) is 43.4. The Hall–Kier alpha value is -5.19. The number of alkyl halides is 1. The van der Waals surface area contributed by atoms with Crippen molar-refractivity contribution in [2.75, 3.05) is 39.4 Å². The van der Waals surface area contributed by atoms with Crippen molar-refractivity contribution < 1.29 is 32.4 Å². The second kappa shape index (κ2) is 21.6. The lowest BCUT2D eigenvalue weighted by molar-refractivity contribution is -0.163. The Morgan fingerprint density at radius 2 is 1.46 bits per heavy atom. The van der Waals surface area contributed by atoms with Gasteiger partial charge in [-0.15, -0.1) is 0 Å². The molecule has 0 bridgehead atoms. The molecule has 6 rings (SSSR count). The maximum absolute atomic E-state index is 17.7. The molecule has 1 fully saturated rings. The molecule has 14 heteroatoms. The quantitative estimate of drug-likeness (QED) is 0.0458. The van der Waals surface area contributed by atoms with Crippen LogP contribution in [0.25, 0.3) is 0 Å². The molecule has 1 aliphatic rings. The van der Waals surface area contributed by atoms with Crippen LogP contribution in [0.2, 0.25) is 0 Å². The number of nitriles is 1. The number of methoxy groups -OCH3 is 2. The lowest BCUT2D eigenvalue weighted by atomic mass is 9.80. The van der Waals surface area contributed by atoms with Gasteiger partial charge >= 0.3 is 5.69 Å². The predicted octanol–water partition coefficient (Wildman–Crippen LogP) is 8.82. The van der Waals surface area contributed by atoms with E-state index in [9.17, 15) is 10.1 Å². The van der Waals surface area contributed by atoms with E-state index in [1.54, 1.807) is 20.3 Å². The molecule has 12 nitrogen and oxygen atoms in total. The van der Waals surface area contributed by atoms with Gasteiger partial charge in [-0.3, -0.25) is 4.57 Å². The van der Waals surface area contributed by atoms with Gasteiger partial charge in [-0.25, -0.2) is 13.9 Å². The highest BCUT2D eigenvalue weighted by Gasteiger charge is 2.48. The molecular weight excluding hydrogens is 797 g/mol. The average Bonchev–Trinajstić information content (AvgIpc) is 3.28. The number of benzene rings is 4. The summed E-state index contributed by atoms with van der Waals surface area (Å²) in [6.07, 6.45) is -2.38. The Balaban J connectivity index is 1.39. The Morgan fingerprint density at radius 3 is 2.00 bits per heavy atom. The SMILES string of the molecule is COc1ccc(C(OC[C@H]2OC[C@@H](n3ccc(NCc4ccccc4)nc3=O)[C@@H](F)C2OP(OCCC#N)N(C(C)C)C(C)C)(c2ccccc2)c2ccc(OC)cc2)cc1. The molecule has 1 aromatic heterocycles. The molecule has 1 saturated heterocycles. The van der Waals surface area contributed by atoms with Crippen molar-refractivity contribution in [3.63, 3.8) is 0 Å². The molecule has 5 aromatic rings. The number of anilines is 1. The third-order valence-electron chi connectivity index (χ3n) is 10.5. The largest absolute Gasteiger partial charge is 0.497 e. The van der Waals surface area contributed by atoms with E-state index in [-0.39, 0.29) is 38.3 Å². The molecule has 0 saturated carbocycles. The fourth-order valence-electron chi connectivity index (χ4n) is 7.57. The Kier molecular flexibility index (Phi) is 16.0. The van der Waals surface area contributed by atoms with Gasteiger partial charge in [-0.1, -0.05) is 84.9 Å². The summed E-state index contributed by atoms with van der Waals surface area (Å²) in [7, 11) is 1.29. The van der Waals surface area contributed by atoms with Crippen LogP contribution in [0.1, 0.15) is 62.4 Å². The van der Waals surface area contributed by atoms with Crippen LogP contribution in [0.3, 0.4) is 0 Å². The first kappa shape index (κ1) is 45.3. The van der Waals surface area contributed by atoms with Crippen molar-refractivity contribution in [2.24, 2.45) is 0 Å². The van der Waals surface area contributed by atoms with E-state index in [2.05, 4.69) is 16.4 Å². The Bertz CT molecular complexity index is 2150. The highest BCUT2D eigenvalue weighted by atomic mass is 31.2. The first-order valence-electron chi connectivity index (χ1n) is 20.5. The van der Waals surface area contributed by atoms with E-state index in [1.807, 2.05) is 142 Å². The highest BCUT2D eigenvalue weighted by Crippen LogP contribution is 2.50. The van der Waals surface area contributed by atoms with Gasteiger partial charge in [0.2, 0.25) is 0 Å². The van der Waals surface area contributed by atoms with Gasteiger partial charge in [0.15, 0.2) is 6.17 Å². The molecule has 1 N–H and O–H groups in total. The number of aromatic nitrogens is 2. The summed E-state index contributed by atoms with van der Waals surface area (Å²) < 4.78 is 58.8. The lowest BCUT2D eigenvalue weighted by Crippen LogP contribution is -2.54. The molecule has 322 valence electrons. The van der Waals surface area contributed by atoms with Gasteiger partial charge in [0.05, 0.1) is 52.6 Å². The minimum absolute atomic E-state index is 0.0557. The topological polar surface area (TPSA) is 129 Å². The van der Waals surface area contributed by atoms with E-state index in [4.69, 9.17) is 28.0 Å². The predicted molar refractivity (Wildman–Crippen MR) is 234 cm³/mol. The molecule has 0 radical (unpaired) electrons. The summed E-state index contributed by atoms with van der Waals surface area (Å²) in [5.41, 5.74) is 1.56. The molecule has 4 aromatic carbocycles. The fourth-order valence-corrected chi connectivity index (χ4v) is 9.33. The van der Waals surface area contributed by atoms with Crippen molar-refractivity contribution in [1.29, 1.82) is 5.26 Å². The number of hydrogen-bond donors (Lipinski definition) is 1. The van der Waals surface area contributed by atoms with Gasteiger partial charge in [0.25, 0.3) is 8.53 Å². The maximum atomic E-state index is 17.7. The van der Waals surface area contributed by atoms with Crippen molar-refractivity contribution >= 4 is 14.3 Å². The van der Waals surface area contributed by atoms with Crippen molar-refractivity contribution in [3.8, 4) is 17.6 Å². The Labute approximate surface area is 359 Å². The second-order valence-electron chi connectivity index (χ2n) is 15.2. The lowest BCUT2D eigenvalue weighted by Gasteiger charge is -2.44. The van der Waals surface area contributed by atoms with Gasteiger partial charge in [-0.05, 0) is 80.3 Å². The summed E-state index contributed by atoms with van der Waals surface area (Å²) >= 11 is 0. The number of nitrogens with zero attached hydrogens (tertiary/aromatic N) is 4. The summed E-state index contributed by atoms with van der Waals surface area (Å²) in [4.78, 5) is 17.9. The van der Waals surface area contributed by atoms with Gasteiger partial charge in [0.1, 0.15) is 35.1 Å². The minimum Gasteiger partial charge on any atom is -0.497 e. The monoisotopic (exact) mass is 851 g/mol. The maximum Gasteiger partial charge on any atom is 0.349 e. The number of nitrogens with one attached hydrogen (secondary N) is 1. The summed E-state index contributed by atoms with van der Waals surface area (Å²) in [5.74, 6) is 1.71. The number of hydrogen-bond acceptors (Lipinski definition) is 11. The van der Waals surface area contributed by atoms with Crippen LogP contribution in [0.15, 0.2) is 126 Å². The number of halogens is 1. The molecule has 0 spiro atoms. The molecule has 2 heterocycles. The van der Waals surface area contributed by atoms with E-state index in [1.165, 1.54) is 10.8 Å². The first-order valence-corrected chi connectivity index (χ1v) is 21.6. The molecule has 1 aliphatic heterocycles. The second-order valence-corrected chi connectivity index (χ2v) is 16.6. The van der Waals surface area contributed by atoms with Crippen LogP contribution in [-0.2, 0) is 30.7 Å². The Morgan fingerprint density at radius 1 is 0.885 bits per heavy atom. The molecule has 0 amide bonds. The summed E-state index contributed by atoms with van der Waals surface area (Å²) in [5, 5.41) is 12.6. The molecular formula is C47H55FN5O7P. The molecule has 0 aliphatic carbocycles. The number of ether oxygens (including phenoxy) is 4. The summed E-state index contributed by atoms with van der Waals surface area (Å²) in [6.45, 7) is 8.29. The van der Waals surface area contributed by atoms with E-state index < -0.39 is 44.2 Å². The zero-order valence-corrected chi connectivity index (χ0v) is 36.4. The van der Waals surface area contributed by atoms with Crippen LogP contribution in [-0.4, -0.2) is 78.7 Å². The van der Waals surface area contributed by atoms with Crippen LogP contribution in [0.5, 0.6) is 11.5 Å². The van der Waals surface area contributed by atoms with Crippen LogP contribution >= 0.6 is 8.53 Å². The standard InChI is InChI=1S/C47H55FN5O7P/c1-33(2)53(34(3)4)61(59-29-13-27-49)60-45-42(57-31-41(44(45)48)52-28-26-43(51-46(52)54)50-30-35-14-9-7-10-15-35)32-58-47(36-16-11-8-12-17-36,37-18-22-39(55-5)23-19-37)38-20-24-40(56-6)25-21-38/h7-12,14-26,28,33-34,41-42,44-45H,13,29-32H2,1-6H3,(H,50,51,54)/t41-,42-,44-,45?,61?/m1/s1. The van der Waals surface area contributed by atoms with Crippen LogP contribution in [0, 0.1) is 11.3 Å². The highest BCUT2D eigenvalue weighted by molar-refractivity contribution is 7.44. The molecule has 2 unspecified atom stereocenters. The third kappa shape index (κ3) is 10.8. The van der Waals surface area contributed by atoms with E-state index in [0.29, 0.717) is 23.9 Å². The third-order valence-corrected chi connectivity index (χ3v) is 12.7. The zero-order valence-electron chi connectivity index (χ0n) is 35.5. The van der Waals surface area contributed by atoms with Gasteiger partial charge in [0, 0.05) is 24.8 Å². The van der Waals surface area contributed by atoms with Crippen molar-refractivity contribution in [1.82, 2.24) is 14.2 Å². The average molecular weight is 852 g/mol. The minimum atomic E-state index is -1.93. The fraction of sp³-hybridized carbons (Fsp3) is 0.383. The van der Waals surface area contributed by atoms with Gasteiger partial charge < -0.3 is 33.3 Å². The van der Waals surface area contributed by atoms with Crippen LogP contribution < -0.4 is 20.5 Å². The summed E-state index contributed by atoms with van der Waals surface area (Å²) in [6, 6.07) is 37.4. The van der Waals surface area contributed by atoms with Crippen LogP contribution in [0.4, 0.5) is 10.2 Å². The van der Waals surface area contributed by atoms with E-state index >= 15 is 4.39 Å². The smallest absolute Gasteiger partial charge is 0.349 e. The normalized spacial score (nSPS) is 18.5. The van der Waals surface area contributed by atoms with Crippen molar-refractivity contribution in [2.45, 2.75) is 82.8 Å². The first-order chi connectivity index (χ1) is 29.6. The van der Waals surface area contributed by atoms with Gasteiger partial charge in [-0.2, -0.15) is 10.2 Å². The molecule has 61 heavy (non-hydrogen) atoms. The number of rotatable bonds is 20. The van der Waals surface area contributed by atoms with E-state index in [0.717, 1.165) is 22.3 Å². The molecule has 5 atom stereocenters. The van der Waals surface area contributed by atoms with Crippen molar-refractivity contribution in [3.05, 3.63) is 154 Å².